The zero-order valence-corrected chi connectivity index (χ0v) is 18.8. The number of hydrogen-bond acceptors (Lipinski definition) is 4. The third-order valence-corrected chi connectivity index (χ3v) is 6.01. The molecule has 6 nitrogen and oxygen atoms in total. The van der Waals surface area contributed by atoms with E-state index in [1.165, 1.54) is 13.2 Å². The van der Waals surface area contributed by atoms with Crippen molar-refractivity contribution in [3.05, 3.63) is 65.6 Å². The lowest BCUT2D eigenvalue weighted by Gasteiger charge is -2.21. The van der Waals surface area contributed by atoms with Crippen molar-refractivity contribution in [2.24, 2.45) is 0 Å². The van der Waals surface area contributed by atoms with Crippen LogP contribution in [0.3, 0.4) is 0 Å². The molecule has 0 spiro atoms. The van der Waals surface area contributed by atoms with Crippen LogP contribution in [0, 0.1) is 12.7 Å². The van der Waals surface area contributed by atoms with Crippen molar-refractivity contribution in [2.75, 3.05) is 33.3 Å². The van der Waals surface area contributed by atoms with Gasteiger partial charge in [-0.3, -0.25) is 9.69 Å². The molecule has 1 aliphatic rings. The van der Waals surface area contributed by atoms with Gasteiger partial charge >= 0.3 is 0 Å². The molecule has 0 atom stereocenters. The third-order valence-electron chi connectivity index (χ3n) is 6.01. The van der Waals surface area contributed by atoms with E-state index in [4.69, 9.17) is 9.84 Å². The number of nitrogens with zero attached hydrogens (tertiary/aromatic N) is 4. The summed E-state index contributed by atoms with van der Waals surface area (Å²) in [6.07, 6.45) is 2.96. The molecule has 32 heavy (non-hydrogen) atoms. The Hall–Kier alpha value is -3.19. The van der Waals surface area contributed by atoms with Crippen molar-refractivity contribution < 1.29 is 13.9 Å². The molecule has 1 amide bonds. The van der Waals surface area contributed by atoms with E-state index in [1.807, 2.05) is 40.0 Å². The molecule has 0 N–H and O–H groups in total. The highest BCUT2D eigenvalue weighted by Gasteiger charge is 2.21. The molecule has 4 rings (SSSR count). The molecule has 2 heterocycles. The van der Waals surface area contributed by atoms with E-state index in [1.54, 1.807) is 13.0 Å². The highest BCUT2D eigenvalue weighted by molar-refractivity contribution is 5.73. The van der Waals surface area contributed by atoms with Crippen LogP contribution < -0.4 is 4.74 Å². The number of carbonyl (C=O) groups excluding carboxylic acids is 1. The van der Waals surface area contributed by atoms with Crippen LogP contribution in [0.15, 0.2) is 48.7 Å². The van der Waals surface area contributed by atoms with Crippen molar-refractivity contribution in [1.29, 1.82) is 0 Å². The lowest BCUT2D eigenvalue weighted by molar-refractivity contribution is -0.128. The van der Waals surface area contributed by atoms with Crippen molar-refractivity contribution in [2.45, 2.75) is 26.8 Å². The Morgan fingerprint density at radius 2 is 1.94 bits per heavy atom. The first-order chi connectivity index (χ1) is 15.5. The van der Waals surface area contributed by atoms with E-state index in [-0.39, 0.29) is 11.7 Å². The number of amides is 1. The van der Waals surface area contributed by atoms with Gasteiger partial charge in [-0.2, -0.15) is 5.10 Å². The fourth-order valence-corrected chi connectivity index (χ4v) is 4.21. The molecule has 1 aromatic heterocycles. The maximum Gasteiger partial charge on any atom is 0.219 e. The number of rotatable bonds is 5. The second kappa shape index (κ2) is 9.53. The van der Waals surface area contributed by atoms with Crippen molar-refractivity contribution in [3.8, 4) is 22.7 Å². The lowest BCUT2D eigenvalue weighted by Crippen LogP contribution is -2.33. The summed E-state index contributed by atoms with van der Waals surface area (Å²) in [7, 11) is 1.46. The van der Waals surface area contributed by atoms with E-state index in [0.29, 0.717) is 18.7 Å². The number of aryl methyl sites for hydroxylation is 1. The first kappa shape index (κ1) is 22.0. The van der Waals surface area contributed by atoms with E-state index < -0.39 is 5.82 Å². The van der Waals surface area contributed by atoms with Crippen molar-refractivity contribution in [1.82, 2.24) is 19.6 Å². The molecule has 1 aliphatic heterocycles. The summed E-state index contributed by atoms with van der Waals surface area (Å²) in [5.74, 6) is -0.0765. The Balaban J connectivity index is 1.69. The van der Waals surface area contributed by atoms with Gasteiger partial charge in [0.05, 0.1) is 18.5 Å². The van der Waals surface area contributed by atoms with Crippen molar-refractivity contribution in [3.63, 3.8) is 0 Å². The number of methoxy groups -OCH3 is 1. The fraction of sp³-hybridized carbons (Fsp3) is 0.360. The van der Waals surface area contributed by atoms with Crippen LogP contribution in [0.1, 0.15) is 24.5 Å². The molecular formula is C25H29FN4O2. The van der Waals surface area contributed by atoms with Gasteiger partial charge in [-0.15, -0.1) is 0 Å². The van der Waals surface area contributed by atoms with E-state index in [2.05, 4.69) is 17.9 Å². The highest BCUT2D eigenvalue weighted by atomic mass is 19.1. The van der Waals surface area contributed by atoms with Gasteiger partial charge in [0.1, 0.15) is 0 Å². The van der Waals surface area contributed by atoms with Crippen LogP contribution in [0.25, 0.3) is 16.9 Å². The first-order valence-electron chi connectivity index (χ1n) is 10.9. The predicted molar refractivity (Wildman–Crippen MR) is 122 cm³/mol. The van der Waals surface area contributed by atoms with E-state index >= 15 is 0 Å². The smallest absolute Gasteiger partial charge is 0.219 e. The molecular weight excluding hydrogens is 407 g/mol. The van der Waals surface area contributed by atoms with Gasteiger partial charge in [-0.25, -0.2) is 9.07 Å². The van der Waals surface area contributed by atoms with Crippen LogP contribution in [0.4, 0.5) is 4.39 Å². The second-order valence-electron chi connectivity index (χ2n) is 8.22. The van der Waals surface area contributed by atoms with Gasteiger partial charge in [0.15, 0.2) is 11.6 Å². The summed E-state index contributed by atoms with van der Waals surface area (Å²) < 4.78 is 21.4. The van der Waals surface area contributed by atoms with E-state index in [9.17, 15) is 9.18 Å². The molecule has 0 unspecified atom stereocenters. The number of para-hydroxylation sites is 1. The minimum Gasteiger partial charge on any atom is -0.494 e. The summed E-state index contributed by atoms with van der Waals surface area (Å²) in [6.45, 7) is 7.55. The summed E-state index contributed by atoms with van der Waals surface area (Å²) in [5, 5.41) is 4.86. The topological polar surface area (TPSA) is 50.6 Å². The van der Waals surface area contributed by atoms with Gasteiger partial charge in [0.2, 0.25) is 5.91 Å². The van der Waals surface area contributed by atoms with Gasteiger partial charge < -0.3 is 9.64 Å². The Labute approximate surface area is 188 Å². The number of benzene rings is 2. The van der Waals surface area contributed by atoms with Gasteiger partial charge in [0, 0.05) is 57.0 Å². The lowest BCUT2D eigenvalue weighted by atomic mass is 10.1. The molecule has 7 heteroatoms. The van der Waals surface area contributed by atoms with Crippen LogP contribution in [-0.4, -0.2) is 58.8 Å². The average molecular weight is 437 g/mol. The summed E-state index contributed by atoms with van der Waals surface area (Å²) in [4.78, 5) is 16.0. The normalized spacial score (nSPS) is 14.9. The van der Waals surface area contributed by atoms with Gasteiger partial charge in [-0.05, 0) is 43.2 Å². The minimum atomic E-state index is -0.409. The largest absolute Gasteiger partial charge is 0.494 e. The summed E-state index contributed by atoms with van der Waals surface area (Å²) in [5.41, 5.74) is 4.59. The second-order valence-corrected chi connectivity index (χ2v) is 8.22. The molecule has 0 bridgehead atoms. The molecule has 2 aromatic carbocycles. The zero-order chi connectivity index (χ0) is 22.7. The minimum absolute atomic E-state index is 0.119. The quantitative estimate of drug-likeness (QED) is 0.606. The maximum absolute atomic E-state index is 14.5. The number of hydrogen-bond donors (Lipinski definition) is 0. The fourth-order valence-electron chi connectivity index (χ4n) is 4.21. The zero-order valence-electron chi connectivity index (χ0n) is 18.8. The molecule has 3 aromatic rings. The molecule has 1 fully saturated rings. The number of aromatic nitrogens is 2. The van der Waals surface area contributed by atoms with Crippen LogP contribution in [0.2, 0.25) is 0 Å². The Morgan fingerprint density at radius 1 is 1.12 bits per heavy atom. The Kier molecular flexibility index (Phi) is 6.55. The number of carbonyl (C=O) groups is 1. The Bertz CT molecular complexity index is 1110. The van der Waals surface area contributed by atoms with Crippen LogP contribution in [0.5, 0.6) is 5.75 Å². The molecule has 0 aliphatic carbocycles. The molecule has 0 radical (unpaired) electrons. The average Bonchev–Trinajstić information content (AvgIpc) is 3.03. The van der Waals surface area contributed by atoms with Crippen LogP contribution >= 0.6 is 0 Å². The van der Waals surface area contributed by atoms with E-state index in [0.717, 1.165) is 48.6 Å². The number of ether oxygens (including phenoxy) is 1. The summed E-state index contributed by atoms with van der Waals surface area (Å²) >= 11 is 0. The van der Waals surface area contributed by atoms with Gasteiger partial charge in [-0.1, -0.05) is 18.2 Å². The summed E-state index contributed by atoms with van der Waals surface area (Å²) in [6, 6.07) is 13.0. The van der Waals surface area contributed by atoms with Crippen LogP contribution in [-0.2, 0) is 11.3 Å². The molecule has 168 valence electrons. The maximum atomic E-state index is 14.5. The molecule has 0 saturated carbocycles. The first-order valence-corrected chi connectivity index (χ1v) is 10.9. The monoisotopic (exact) mass is 436 g/mol. The molecule has 1 saturated heterocycles. The predicted octanol–water partition coefficient (Wildman–Crippen LogP) is 4.05. The Morgan fingerprint density at radius 3 is 2.66 bits per heavy atom. The van der Waals surface area contributed by atoms with Gasteiger partial charge in [0.25, 0.3) is 0 Å². The number of halogens is 1. The SMILES string of the molecule is COc1ccc(-c2nn(-c3ccccc3C)cc2CN2CCCN(C(C)=O)CC2)cc1F. The third kappa shape index (κ3) is 4.67. The van der Waals surface area contributed by atoms with Crippen molar-refractivity contribution >= 4 is 5.91 Å². The standard InChI is InChI=1S/C25H29FN4O2/c1-18-7-4-5-8-23(18)30-17-21(16-28-11-6-12-29(14-13-28)19(2)31)25(27-30)20-9-10-24(32-3)22(26)15-20/h4-5,7-10,15,17H,6,11-14,16H2,1-3H3. The highest BCUT2D eigenvalue weighted by Crippen LogP contribution is 2.29.